The molecule has 0 aliphatic heterocycles. The van der Waals surface area contributed by atoms with Gasteiger partial charge in [-0.1, -0.05) is 19.1 Å². The number of imidazole rings is 1. The number of aryl methyl sites for hydroxylation is 1. The third kappa shape index (κ3) is 5.31. The fourth-order valence-electron chi connectivity index (χ4n) is 3.46. The second kappa shape index (κ2) is 9.56. The summed E-state index contributed by atoms with van der Waals surface area (Å²) in [6.07, 6.45) is -1.01. The van der Waals surface area contributed by atoms with Gasteiger partial charge in [0.1, 0.15) is 6.07 Å². The number of aromatic nitrogens is 4. The zero-order valence-corrected chi connectivity index (χ0v) is 18.9. The summed E-state index contributed by atoms with van der Waals surface area (Å²) in [6.45, 7) is 3.46. The molecule has 0 amide bonds. The first-order chi connectivity index (χ1) is 16.7. The lowest BCUT2D eigenvalue weighted by atomic mass is 10.0. The number of anilines is 2. The summed E-state index contributed by atoms with van der Waals surface area (Å²) in [6, 6.07) is 13.7. The molecule has 10 heteroatoms. The minimum atomic E-state index is -4.44. The van der Waals surface area contributed by atoms with Gasteiger partial charge in [0, 0.05) is 23.4 Å². The summed E-state index contributed by atoms with van der Waals surface area (Å²) < 4.78 is 40.6. The van der Waals surface area contributed by atoms with Gasteiger partial charge in [0.15, 0.2) is 0 Å². The summed E-state index contributed by atoms with van der Waals surface area (Å²) >= 11 is 0. The Balaban J connectivity index is 1.70. The van der Waals surface area contributed by atoms with E-state index in [1.165, 1.54) is 12.1 Å². The standard InChI is InChI=1S/C25H21F3N6O/c1-15(13-35)21-10-22(17-3-5-19(6-4-17)25(26,27)28)33-24(32-21)31-20-7-8-23(18(9-20)11-29)34-12-16(2)30-14-34/h3-10,12,14-15,35H,13H2,1-2H3,(H,31,32,33). The molecule has 1 unspecified atom stereocenters. The van der Waals surface area contributed by atoms with Crippen molar-refractivity contribution in [3.05, 3.63) is 83.6 Å². The molecule has 0 spiro atoms. The highest BCUT2D eigenvalue weighted by molar-refractivity contribution is 5.66. The molecule has 0 saturated heterocycles. The van der Waals surface area contributed by atoms with Gasteiger partial charge in [-0.3, -0.25) is 0 Å². The van der Waals surface area contributed by atoms with Crippen LogP contribution in [-0.4, -0.2) is 31.2 Å². The summed E-state index contributed by atoms with van der Waals surface area (Å²) in [5, 5.41) is 22.3. The van der Waals surface area contributed by atoms with Crippen molar-refractivity contribution < 1.29 is 18.3 Å². The number of nitrogens with zero attached hydrogens (tertiary/aromatic N) is 5. The number of aliphatic hydroxyl groups excluding tert-OH is 1. The smallest absolute Gasteiger partial charge is 0.396 e. The Morgan fingerprint density at radius 1 is 1.11 bits per heavy atom. The number of alkyl halides is 3. The van der Waals surface area contributed by atoms with Crippen LogP contribution in [0.15, 0.2) is 61.1 Å². The Kier molecular flexibility index (Phi) is 6.53. The first-order valence-corrected chi connectivity index (χ1v) is 10.7. The molecule has 2 aromatic heterocycles. The molecule has 4 rings (SSSR count). The first-order valence-electron chi connectivity index (χ1n) is 10.7. The molecular weight excluding hydrogens is 457 g/mol. The van der Waals surface area contributed by atoms with E-state index in [1.54, 1.807) is 42.1 Å². The molecule has 0 radical (unpaired) electrons. The number of nitriles is 1. The van der Waals surface area contributed by atoms with Crippen LogP contribution in [0.3, 0.4) is 0 Å². The number of benzene rings is 2. The fourth-order valence-corrected chi connectivity index (χ4v) is 3.46. The van der Waals surface area contributed by atoms with Crippen LogP contribution >= 0.6 is 0 Å². The number of halogens is 3. The average Bonchev–Trinajstić information content (AvgIpc) is 3.28. The number of aliphatic hydroxyl groups is 1. The maximum absolute atomic E-state index is 13.0. The summed E-state index contributed by atoms with van der Waals surface area (Å²) in [5.74, 6) is -0.138. The van der Waals surface area contributed by atoms with Crippen LogP contribution in [-0.2, 0) is 6.18 Å². The summed E-state index contributed by atoms with van der Waals surface area (Å²) in [7, 11) is 0. The normalized spacial score (nSPS) is 12.3. The molecule has 2 N–H and O–H groups in total. The second-order valence-electron chi connectivity index (χ2n) is 8.05. The third-order valence-electron chi connectivity index (χ3n) is 5.40. The topological polar surface area (TPSA) is 99.6 Å². The van der Waals surface area contributed by atoms with Gasteiger partial charge in [-0.05, 0) is 43.3 Å². The number of rotatable bonds is 6. The molecule has 178 valence electrons. The van der Waals surface area contributed by atoms with Crippen molar-refractivity contribution in [3.63, 3.8) is 0 Å². The Hall–Kier alpha value is -4.23. The molecule has 1 atom stereocenters. The van der Waals surface area contributed by atoms with Gasteiger partial charge >= 0.3 is 6.18 Å². The molecule has 4 aromatic rings. The van der Waals surface area contributed by atoms with Gasteiger partial charge < -0.3 is 15.0 Å². The Bertz CT molecular complexity index is 1390. The average molecular weight is 478 g/mol. The van der Waals surface area contributed by atoms with E-state index >= 15 is 0 Å². The van der Waals surface area contributed by atoms with E-state index in [1.807, 2.05) is 13.1 Å². The maximum Gasteiger partial charge on any atom is 0.416 e. The van der Waals surface area contributed by atoms with Gasteiger partial charge in [-0.2, -0.15) is 18.4 Å². The van der Waals surface area contributed by atoms with E-state index in [9.17, 15) is 23.5 Å². The van der Waals surface area contributed by atoms with Crippen molar-refractivity contribution in [1.29, 1.82) is 5.26 Å². The highest BCUT2D eigenvalue weighted by atomic mass is 19.4. The molecule has 2 heterocycles. The molecule has 0 aliphatic carbocycles. The molecule has 0 fully saturated rings. The lowest BCUT2D eigenvalue weighted by molar-refractivity contribution is -0.137. The van der Waals surface area contributed by atoms with Gasteiger partial charge in [0.05, 0.1) is 46.8 Å². The van der Waals surface area contributed by atoms with E-state index in [-0.39, 0.29) is 18.5 Å². The van der Waals surface area contributed by atoms with Crippen LogP contribution in [0.25, 0.3) is 16.9 Å². The number of hydrogen-bond acceptors (Lipinski definition) is 6. The van der Waals surface area contributed by atoms with Gasteiger partial charge in [-0.25, -0.2) is 15.0 Å². The molecule has 2 aromatic carbocycles. The Labute approximate surface area is 199 Å². The van der Waals surface area contributed by atoms with Crippen molar-refractivity contribution in [2.45, 2.75) is 25.9 Å². The second-order valence-corrected chi connectivity index (χ2v) is 8.05. The number of hydrogen-bond donors (Lipinski definition) is 2. The number of nitrogens with one attached hydrogen (secondary N) is 1. The minimum Gasteiger partial charge on any atom is -0.396 e. The maximum atomic E-state index is 13.0. The highest BCUT2D eigenvalue weighted by Gasteiger charge is 2.30. The molecule has 0 bridgehead atoms. The predicted molar refractivity (Wildman–Crippen MR) is 124 cm³/mol. The zero-order valence-electron chi connectivity index (χ0n) is 18.9. The van der Waals surface area contributed by atoms with Crippen molar-refractivity contribution in [2.24, 2.45) is 0 Å². The van der Waals surface area contributed by atoms with Crippen molar-refractivity contribution in [2.75, 3.05) is 11.9 Å². The van der Waals surface area contributed by atoms with E-state index in [0.717, 1.165) is 17.8 Å². The van der Waals surface area contributed by atoms with Crippen LogP contribution in [0.2, 0.25) is 0 Å². The third-order valence-corrected chi connectivity index (χ3v) is 5.40. The van der Waals surface area contributed by atoms with E-state index in [2.05, 4.69) is 26.3 Å². The molecular formula is C25H21F3N6O. The van der Waals surface area contributed by atoms with Gasteiger partial charge in [0.2, 0.25) is 5.95 Å². The lowest BCUT2D eigenvalue weighted by Crippen LogP contribution is -2.08. The van der Waals surface area contributed by atoms with Crippen molar-refractivity contribution >= 4 is 11.6 Å². The fraction of sp³-hybridized carbons (Fsp3) is 0.200. The monoisotopic (exact) mass is 478 g/mol. The van der Waals surface area contributed by atoms with Crippen LogP contribution in [0.1, 0.15) is 35.4 Å². The van der Waals surface area contributed by atoms with E-state index < -0.39 is 11.7 Å². The first kappa shape index (κ1) is 23.9. The molecule has 0 saturated carbocycles. The Morgan fingerprint density at radius 2 is 1.86 bits per heavy atom. The predicted octanol–water partition coefficient (Wildman–Crippen LogP) is 5.37. The van der Waals surface area contributed by atoms with Crippen LogP contribution in [0.4, 0.5) is 24.8 Å². The van der Waals surface area contributed by atoms with Crippen LogP contribution in [0, 0.1) is 18.3 Å². The quantitative estimate of drug-likeness (QED) is 0.387. The van der Waals surface area contributed by atoms with Gasteiger partial charge in [0.25, 0.3) is 0 Å². The van der Waals surface area contributed by atoms with Crippen LogP contribution < -0.4 is 5.32 Å². The summed E-state index contributed by atoms with van der Waals surface area (Å²) in [4.78, 5) is 13.1. The van der Waals surface area contributed by atoms with Crippen molar-refractivity contribution in [3.8, 4) is 23.0 Å². The Morgan fingerprint density at radius 3 is 2.46 bits per heavy atom. The van der Waals surface area contributed by atoms with E-state index in [0.29, 0.717) is 33.9 Å². The largest absolute Gasteiger partial charge is 0.416 e. The zero-order chi connectivity index (χ0) is 25.2. The van der Waals surface area contributed by atoms with Crippen molar-refractivity contribution in [1.82, 2.24) is 19.5 Å². The lowest BCUT2D eigenvalue weighted by Gasteiger charge is -2.14. The highest BCUT2D eigenvalue weighted by Crippen LogP contribution is 2.31. The summed E-state index contributed by atoms with van der Waals surface area (Å²) in [5.41, 5.74) is 3.06. The molecule has 7 nitrogen and oxygen atoms in total. The van der Waals surface area contributed by atoms with Crippen LogP contribution in [0.5, 0.6) is 0 Å². The molecule has 35 heavy (non-hydrogen) atoms. The molecule has 0 aliphatic rings. The minimum absolute atomic E-state index is 0.166. The SMILES string of the molecule is Cc1cn(-c2ccc(Nc3nc(-c4ccc(C(F)(F)F)cc4)cc(C(C)CO)n3)cc2C#N)cn1. The van der Waals surface area contributed by atoms with Gasteiger partial charge in [-0.15, -0.1) is 0 Å². The van der Waals surface area contributed by atoms with E-state index in [4.69, 9.17) is 0 Å².